The van der Waals surface area contributed by atoms with Crippen molar-refractivity contribution in [1.29, 1.82) is 0 Å². The summed E-state index contributed by atoms with van der Waals surface area (Å²) >= 11 is 6.02. The summed E-state index contributed by atoms with van der Waals surface area (Å²) in [7, 11) is -4.04. The van der Waals surface area contributed by atoms with Gasteiger partial charge in [0.1, 0.15) is 17.2 Å². The average molecular weight is 557 g/mol. The number of hydrogen-bond donors (Lipinski definition) is 3. The molecular weight excluding hydrogens is 536 g/mol. The number of aromatic nitrogens is 4. The minimum atomic E-state index is -4.04. The molecule has 14 heteroatoms. The lowest BCUT2D eigenvalue weighted by Gasteiger charge is -2.40. The van der Waals surface area contributed by atoms with E-state index in [1.807, 2.05) is 0 Å². The normalized spacial score (nSPS) is 23.7. The van der Waals surface area contributed by atoms with Gasteiger partial charge in [-0.2, -0.15) is 9.04 Å². The Kier molecular flexibility index (Phi) is 5.85. The molecule has 2 saturated heterocycles. The molecule has 3 N–H and O–H groups in total. The lowest BCUT2D eigenvalue weighted by Crippen LogP contribution is -2.59. The number of rotatable bonds is 4. The van der Waals surface area contributed by atoms with Crippen LogP contribution >= 0.6 is 11.6 Å². The number of aromatic amines is 1. The average Bonchev–Trinajstić information content (AvgIpc) is 3.41. The predicted octanol–water partition coefficient (Wildman–Crippen LogP) is 0.531. The Balaban J connectivity index is 1.26. The smallest absolute Gasteiger partial charge is 0.258 e. The molecule has 1 amide bonds. The molecule has 4 atom stereocenters. The predicted molar refractivity (Wildman–Crippen MR) is 134 cm³/mol. The summed E-state index contributed by atoms with van der Waals surface area (Å²) in [5, 5.41) is 33.7. The van der Waals surface area contributed by atoms with Gasteiger partial charge < -0.3 is 25.3 Å². The zero-order valence-electron chi connectivity index (χ0n) is 19.5. The van der Waals surface area contributed by atoms with Gasteiger partial charge in [-0.1, -0.05) is 11.6 Å². The number of hydrogen-bond acceptors (Lipinski definition) is 8. The lowest BCUT2D eigenvalue weighted by molar-refractivity contribution is -0.605. The molecule has 0 radical (unpaired) electrons. The van der Waals surface area contributed by atoms with Gasteiger partial charge in [0.2, 0.25) is 0 Å². The Bertz CT molecular complexity index is 1630. The van der Waals surface area contributed by atoms with Crippen LogP contribution in [0.2, 0.25) is 5.02 Å². The van der Waals surface area contributed by atoms with Crippen LogP contribution in [0.1, 0.15) is 10.4 Å². The van der Waals surface area contributed by atoms with E-state index in [0.29, 0.717) is 32.0 Å². The summed E-state index contributed by atoms with van der Waals surface area (Å²) in [5.41, 5.74) is 1.29. The van der Waals surface area contributed by atoms with Gasteiger partial charge >= 0.3 is 0 Å². The zero-order chi connectivity index (χ0) is 26.8. The Hall–Kier alpha value is -3.62. The second-order valence-electron chi connectivity index (χ2n) is 9.26. The monoisotopic (exact) mass is 556 g/mol. The fraction of sp³-hybridized carbons (Fsp3) is 0.250. The van der Waals surface area contributed by atoms with E-state index >= 15 is 0 Å². The van der Waals surface area contributed by atoms with E-state index in [9.17, 15) is 28.6 Å². The summed E-state index contributed by atoms with van der Waals surface area (Å²) in [4.78, 5) is 26.0. The van der Waals surface area contributed by atoms with Crippen molar-refractivity contribution in [1.82, 2.24) is 24.2 Å². The van der Waals surface area contributed by atoms with Gasteiger partial charge in [-0.05, 0) is 24.3 Å². The van der Waals surface area contributed by atoms with E-state index in [-0.39, 0.29) is 23.7 Å². The highest BCUT2D eigenvalue weighted by molar-refractivity contribution is 7.89. The SMILES string of the molecule is O=C(c1cnc(-c2cc[n+]([O-])cc2)nc1)N1C2CN(S(=O)(=O)c3cc4cc(Cl)ccc4[nH]3)CC1C(O)C2O. The van der Waals surface area contributed by atoms with E-state index in [0.717, 1.165) is 4.31 Å². The van der Waals surface area contributed by atoms with Gasteiger partial charge in [-0.15, -0.1) is 0 Å². The quantitative estimate of drug-likeness (QED) is 0.242. The molecule has 38 heavy (non-hydrogen) atoms. The van der Waals surface area contributed by atoms with Gasteiger partial charge in [-0.25, -0.2) is 18.4 Å². The maximum Gasteiger partial charge on any atom is 0.258 e. The third-order valence-electron chi connectivity index (χ3n) is 7.00. The van der Waals surface area contributed by atoms with Crippen LogP contribution in [-0.2, 0) is 10.0 Å². The fourth-order valence-corrected chi connectivity index (χ4v) is 6.74. The van der Waals surface area contributed by atoms with E-state index in [2.05, 4.69) is 15.0 Å². The van der Waals surface area contributed by atoms with Crippen molar-refractivity contribution < 1.29 is 28.2 Å². The van der Waals surface area contributed by atoms with Gasteiger partial charge in [0, 0.05) is 59.1 Å². The Morgan fingerprint density at radius 3 is 2.32 bits per heavy atom. The molecule has 2 aliphatic rings. The second-order valence-corrected chi connectivity index (χ2v) is 11.6. The number of aliphatic hydroxyl groups is 2. The molecule has 2 aliphatic heterocycles. The summed E-state index contributed by atoms with van der Waals surface area (Å²) in [6, 6.07) is 7.56. The molecule has 4 aromatic rings. The highest BCUT2D eigenvalue weighted by atomic mass is 35.5. The maximum absolute atomic E-state index is 13.5. The van der Waals surface area contributed by atoms with Crippen LogP contribution in [-0.4, -0.2) is 86.1 Å². The molecule has 2 fully saturated rings. The number of H-pyrrole nitrogens is 1. The third-order valence-corrected chi connectivity index (χ3v) is 8.99. The molecule has 0 aliphatic carbocycles. The van der Waals surface area contributed by atoms with Crippen molar-refractivity contribution in [3.63, 3.8) is 0 Å². The number of piperazine rings is 1. The first-order valence-electron chi connectivity index (χ1n) is 11.6. The largest absolute Gasteiger partial charge is 0.619 e. The maximum atomic E-state index is 13.5. The number of nitrogens with one attached hydrogen (secondary N) is 1. The molecule has 0 spiro atoms. The van der Waals surface area contributed by atoms with E-state index < -0.39 is 40.2 Å². The molecule has 4 unspecified atom stereocenters. The van der Waals surface area contributed by atoms with Crippen molar-refractivity contribution >= 4 is 38.4 Å². The van der Waals surface area contributed by atoms with Crippen LogP contribution in [0.25, 0.3) is 22.3 Å². The van der Waals surface area contributed by atoms with Crippen LogP contribution in [0, 0.1) is 5.21 Å². The number of fused-ring (bicyclic) bond motifs is 3. The van der Waals surface area contributed by atoms with Crippen LogP contribution in [0.15, 0.2) is 66.2 Å². The first-order valence-corrected chi connectivity index (χ1v) is 13.4. The van der Waals surface area contributed by atoms with Crippen LogP contribution in [0.3, 0.4) is 0 Å². The molecular formula is C24H21ClN6O6S. The van der Waals surface area contributed by atoms with Crippen molar-refractivity contribution in [3.05, 3.63) is 77.0 Å². The van der Waals surface area contributed by atoms with E-state index in [1.165, 1.54) is 47.9 Å². The number of amides is 1. The second kappa shape index (κ2) is 8.99. The van der Waals surface area contributed by atoms with Crippen molar-refractivity contribution in [2.45, 2.75) is 29.3 Å². The fourth-order valence-electron chi connectivity index (χ4n) is 5.06. The summed E-state index contributed by atoms with van der Waals surface area (Å²) in [5.74, 6) is -0.231. The molecule has 0 saturated carbocycles. The van der Waals surface area contributed by atoms with Gasteiger partial charge in [0.05, 0.1) is 17.6 Å². The number of nitrogens with zero attached hydrogens (tertiary/aromatic N) is 5. The third kappa shape index (κ3) is 3.99. The van der Waals surface area contributed by atoms with E-state index in [4.69, 9.17) is 11.6 Å². The minimum Gasteiger partial charge on any atom is -0.619 e. The van der Waals surface area contributed by atoms with Gasteiger partial charge in [-0.3, -0.25) is 4.79 Å². The lowest BCUT2D eigenvalue weighted by atomic mass is 10.1. The molecule has 12 nitrogen and oxygen atoms in total. The first-order chi connectivity index (χ1) is 18.1. The Morgan fingerprint density at radius 2 is 1.68 bits per heavy atom. The Morgan fingerprint density at radius 1 is 1.05 bits per heavy atom. The molecule has 6 rings (SSSR count). The number of carbonyl (C=O) groups is 1. The molecule has 196 valence electrons. The molecule has 3 aromatic heterocycles. The number of aliphatic hydroxyl groups excluding tert-OH is 2. The van der Waals surface area contributed by atoms with Crippen molar-refractivity contribution in [3.8, 4) is 11.4 Å². The standard InChI is InChI=1S/C24H21ClN6O6S/c25-16-1-2-17-14(7-16)8-20(28-17)38(36,37)30-11-18-21(32)22(33)19(12-30)31(18)24(34)15-9-26-23(27-10-15)13-3-5-29(35)6-4-13/h1-10,18-19,21-22,28,32-33H,11-12H2. The number of pyridine rings is 1. The van der Waals surface area contributed by atoms with Crippen LogP contribution < -0.4 is 4.73 Å². The molecule has 1 aromatic carbocycles. The van der Waals surface area contributed by atoms with Crippen molar-refractivity contribution in [2.24, 2.45) is 0 Å². The van der Waals surface area contributed by atoms with Crippen LogP contribution in [0.4, 0.5) is 0 Å². The number of sulfonamides is 1. The minimum absolute atomic E-state index is 0.0506. The zero-order valence-corrected chi connectivity index (χ0v) is 21.1. The molecule has 5 heterocycles. The van der Waals surface area contributed by atoms with Crippen LogP contribution in [0.5, 0.6) is 0 Å². The summed E-state index contributed by atoms with van der Waals surface area (Å²) in [6.45, 7) is -0.422. The number of halogens is 1. The summed E-state index contributed by atoms with van der Waals surface area (Å²) < 4.78 is 28.7. The number of benzene rings is 1. The van der Waals surface area contributed by atoms with Gasteiger partial charge in [0.15, 0.2) is 18.2 Å². The van der Waals surface area contributed by atoms with E-state index in [1.54, 1.807) is 18.2 Å². The number of carbonyl (C=O) groups excluding carboxylic acids is 1. The molecule has 2 bridgehead atoms. The highest BCUT2D eigenvalue weighted by Gasteiger charge is 2.56. The topological polar surface area (TPSA) is 167 Å². The summed E-state index contributed by atoms with van der Waals surface area (Å²) in [6.07, 6.45) is 2.57. The first kappa shape index (κ1) is 24.7. The van der Waals surface area contributed by atoms with Gasteiger partial charge in [0.25, 0.3) is 15.9 Å². The van der Waals surface area contributed by atoms with Crippen molar-refractivity contribution in [2.75, 3.05) is 13.1 Å². The Labute approximate surface area is 221 Å². The highest BCUT2D eigenvalue weighted by Crippen LogP contribution is 2.35.